The highest BCUT2D eigenvalue weighted by Gasteiger charge is 2.28. The number of anilines is 1. The number of aryl methyl sites for hydroxylation is 2. The number of rotatable bonds is 3. The molecule has 1 aromatic heterocycles. The Kier molecular flexibility index (Phi) is 4.72. The van der Waals surface area contributed by atoms with Crippen LogP contribution in [0, 0.1) is 24.0 Å². The molecule has 0 saturated carbocycles. The van der Waals surface area contributed by atoms with E-state index >= 15 is 0 Å². The zero-order valence-corrected chi connectivity index (χ0v) is 16.5. The molecule has 0 N–H and O–H groups in total. The minimum Gasteiger partial charge on any atom is -0.345 e. The molecule has 0 bridgehead atoms. The van der Waals surface area contributed by atoms with Gasteiger partial charge in [-0.15, -0.1) is 0 Å². The first kappa shape index (κ1) is 18.4. The van der Waals surface area contributed by atoms with Gasteiger partial charge < -0.3 is 9.80 Å². The molecule has 4 rings (SSSR count). The second kappa shape index (κ2) is 7.20. The van der Waals surface area contributed by atoms with Crippen molar-refractivity contribution in [1.29, 1.82) is 0 Å². The molecular weight excluding hydrogens is 376 g/mol. The van der Waals surface area contributed by atoms with Crippen molar-refractivity contribution in [3.8, 4) is 0 Å². The Morgan fingerprint density at radius 2 is 1.86 bits per heavy atom. The Balaban J connectivity index is 1.50. The fourth-order valence-electron chi connectivity index (χ4n) is 3.58. The van der Waals surface area contributed by atoms with Gasteiger partial charge in [-0.25, -0.2) is 4.98 Å². The van der Waals surface area contributed by atoms with Gasteiger partial charge in [-0.2, -0.15) is 0 Å². The van der Waals surface area contributed by atoms with Crippen molar-refractivity contribution in [2.75, 3.05) is 31.1 Å². The number of hydrogen-bond acceptors (Lipinski definition) is 6. The summed E-state index contributed by atoms with van der Waals surface area (Å²) < 4.78 is 1.17. The number of fused-ring (bicyclic) bond motifs is 1. The van der Waals surface area contributed by atoms with Crippen LogP contribution >= 0.6 is 11.3 Å². The number of nitro benzene ring substituents is 1. The number of aromatic nitrogens is 1. The van der Waals surface area contributed by atoms with Crippen LogP contribution < -0.4 is 4.90 Å². The third kappa shape index (κ3) is 3.31. The number of nitrogens with zero attached hydrogens (tertiary/aromatic N) is 4. The lowest BCUT2D eigenvalue weighted by molar-refractivity contribution is -0.385. The van der Waals surface area contributed by atoms with E-state index in [1.54, 1.807) is 28.4 Å². The van der Waals surface area contributed by atoms with Crippen LogP contribution in [-0.2, 0) is 0 Å². The molecule has 28 heavy (non-hydrogen) atoms. The Morgan fingerprint density at radius 3 is 2.57 bits per heavy atom. The van der Waals surface area contributed by atoms with Gasteiger partial charge in [0.2, 0.25) is 0 Å². The largest absolute Gasteiger partial charge is 0.345 e. The fourth-order valence-corrected chi connectivity index (χ4v) is 4.77. The Morgan fingerprint density at radius 1 is 1.14 bits per heavy atom. The second-order valence-electron chi connectivity index (χ2n) is 6.98. The third-order valence-electron chi connectivity index (χ3n) is 4.99. The maximum Gasteiger partial charge on any atom is 0.282 e. The van der Waals surface area contributed by atoms with Gasteiger partial charge in [0, 0.05) is 32.2 Å². The normalized spacial score (nSPS) is 14.5. The van der Waals surface area contributed by atoms with E-state index in [0.29, 0.717) is 26.2 Å². The van der Waals surface area contributed by atoms with E-state index in [4.69, 9.17) is 4.98 Å². The van der Waals surface area contributed by atoms with Crippen molar-refractivity contribution in [2.45, 2.75) is 13.8 Å². The molecule has 0 spiro atoms. The quantitative estimate of drug-likeness (QED) is 0.497. The van der Waals surface area contributed by atoms with Crippen LogP contribution in [0.3, 0.4) is 0 Å². The maximum absolute atomic E-state index is 12.8. The summed E-state index contributed by atoms with van der Waals surface area (Å²) in [7, 11) is 0. The molecule has 1 fully saturated rings. The first-order chi connectivity index (χ1) is 13.4. The summed E-state index contributed by atoms with van der Waals surface area (Å²) in [5, 5.41) is 12.2. The molecule has 2 heterocycles. The molecule has 3 aromatic rings. The van der Waals surface area contributed by atoms with Crippen LogP contribution in [0.4, 0.5) is 10.8 Å². The molecule has 1 aliphatic heterocycles. The Hall–Kier alpha value is -3.00. The minimum atomic E-state index is -0.505. The van der Waals surface area contributed by atoms with Crippen LogP contribution in [0.2, 0.25) is 0 Å². The number of hydrogen-bond donors (Lipinski definition) is 0. The molecule has 0 aliphatic carbocycles. The predicted octanol–water partition coefficient (Wildman–Crippen LogP) is 3.78. The summed E-state index contributed by atoms with van der Waals surface area (Å²) in [6, 6.07) is 10.4. The van der Waals surface area contributed by atoms with Crippen molar-refractivity contribution in [3.05, 3.63) is 63.2 Å². The van der Waals surface area contributed by atoms with Crippen LogP contribution in [0.5, 0.6) is 0 Å². The molecule has 7 nitrogen and oxygen atoms in total. The predicted molar refractivity (Wildman–Crippen MR) is 110 cm³/mol. The second-order valence-corrected chi connectivity index (χ2v) is 7.99. The molecule has 0 unspecified atom stereocenters. The van der Waals surface area contributed by atoms with Gasteiger partial charge in [0.1, 0.15) is 5.56 Å². The SMILES string of the molecule is Cc1cc(C)c2nc(N3CCN(C(=O)c4ccccc4[N+](=O)[O-])CC3)sc2c1. The first-order valence-corrected chi connectivity index (χ1v) is 9.91. The summed E-state index contributed by atoms with van der Waals surface area (Å²) >= 11 is 1.67. The molecule has 0 atom stereocenters. The van der Waals surface area contributed by atoms with Crippen molar-refractivity contribution in [1.82, 2.24) is 9.88 Å². The molecule has 0 radical (unpaired) electrons. The summed E-state index contributed by atoms with van der Waals surface area (Å²) in [6.07, 6.45) is 0. The standard InChI is InChI=1S/C20H20N4O3S/c1-13-11-14(2)18-17(12-13)28-20(21-18)23-9-7-22(8-10-23)19(25)15-5-3-4-6-16(15)24(26)27/h3-6,11-12H,7-10H2,1-2H3. The summed E-state index contributed by atoms with van der Waals surface area (Å²) in [4.78, 5) is 32.1. The molecule has 2 aromatic carbocycles. The number of para-hydroxylation sites is 1. The summed E-state index contributed by atoms with van der Waals surface area (Å²) in [5.74, 6) is -0.289. The van der Waals surface area contributed by atoms with Crippen molar-refractivity contribution in [3.63, 3.8) is 0 Å². The van der Waals surface area contributed by atoms with E-state index < -0.39 is 4.92 Å². The van der Waals surface area contributed by atoms with E-state index in [2.05, 4.69) is 30.9 Å². The number of carbonyl (C=O) groups excluding carboxylic acids is 1. The van der Waals surface area contributed by atoms with Crippen LogP contribution in [0.1, 0.15) is 21.5 Å². The monoisotopic (exact) mass is 396 g/mol. The van der Waals surface area contributed by atoms with E-state index in [0.717, 1.165) is 10.6 Å². The van der Waals surface area contributed by atoms with Gasteiger partial charge in [-0.05, 0) is 37.1 Å². The topological polar surface area (TPSA) is 79.6 Å². The highest BCUT2D eigenvalue weighted by molar-refractivity contribution is 7.22. The maximum atomic E-state index is 12.8. The molecule has 1 aliphatic rings. The van der Waals surface area contributed by atoms with E-state index in [-0.39, 0.29) is 17.2 Å². The van der Waals surface area contributed by atoms with Gasteiger partial charge in [0.25, 0.3) is 11.6 Å². The van der Waals surface area contributed by atoms with Gasteiger partial charge in [0.15, 0.2) is 5.13 Å². The van der Waals surface area contributed by atoms with Crippen LogP contribution in [0.15, 0.2) is 36.4 Å². The number of nitro groups is 1. The highest BCUT2D eigenvalue weighted by atomic mass is 32.1. The number of benzene rings is 2. The third-order valence-corrected chi connectivity index (χ3v) is 6.05. The van der Waals surface area contributed by atoms with Crippen LogP contribution in [-0.4, -0.2) is 46.9 Å². The Labute approximate surface area is 166 Å². The van der Waals surface area contributed by atoms with Gasteiger partial charge in [-0.3, -0.25) is 14.9 Å². The smallest absolute Gasteiger partial charge is 0.282 e. The molecule has 144 valence electrons. The number of amides is 1. The first-order valence-electron chi connectivity index (χ1n) is 9.09. The highest BCUT2D eigenvalue weighted by Crippen LogP contribution is 2.32. The minimum absolute atomic E-state index is 0.145. The van der Waals surface area contributed by atoms with Crippen molar-refractivity contribution < 1.29 is 9.72 Å². The van der Waals surface area contributed by atoms with E-state index in [9.17, 15) is 14.9 Å². The van der Waals surface area contributed by atoms with Gasteiger partial charge >= 0.3 is 0 Å². The zero-order valence-electron chi connectivity index (χ0n) is 15.7. The van der Waals surface area contributed by atoms with Crippen molar-refractivity contribution >= 4 is 38.3 Å². The number of piperazine rings is 1. The average Bonchev–Trinajstić information content (AvgIpc) is 3.12. The van der Waals surface area contributed by atoms with Gasteiger partial charge in [0.05, 0.1) is 15.1 Å². The zero-order chi connectivity index (χ0) is 19.8. The van der Waals surface area contributed by atoms with Crippen molar-refractivity contribution in [2.24, 2.45) is 0 Å². The summed E-state index contributed by atoms with van der Waals surface area (Å²) in [6.45, 7) is 6.49. The fraction of sp³-hybridized carbons (Fsp3) is 0.300. The molecule has 1 saturated heterocycles. The number of thiazole rings is 1. The molecular formula is C20H20N4O3S. The lowest BCUT2D eigenvalue weighted by atomic mass is 10.1. The van der Waals surface area contributed by atoms with Crippen LogP contribution in [0.25, 0.3) is 10.2 Å². The Bertz CT molecular complexity index is 1070. The molecule has 8 heteroatoms. The lowest BCUT2D eigenvalue weighted by Crippen LogP contribution is -2.48. The number of carbonyl (C=O) groups is 1. The lowest BCUT2D eigenvalue weighted by Gasteiger charge is -2.34. The average molecular weight is 396 g/mol. The van der Waals surface area contributed by atoms with E-state index in [1.807, 2.05) is 0 Å². The molecule has 1 amide bonds. The van der Waals surface area contributed by atoms with E-state index in [1.165, 1.54) is 28.0 Å². The van der Waals surface area contributed by atoms with Gasteiger partial charge in [-0.1, -0.05) is 29.5 Å². The summed E-state index contributed by atoms with van der Waals surface area (Å²) in [5.41, 5.74) is 3.42.